The van der Waals surface area contributed by atoms with Crippen LogP contribution >= 0.6 is 0 Å². The van der Waals surface area contributed by atoms with Crippen molar-refractivity contribution >= 4 is 17.9 Å². The molecule has 0 aliphatic carbocycles. The lowest BCUT2D eigenvalue weighted by Gasteiger charge is -2.34. The van der Waals surface area contributed by atoms with E-state index in [1.165, 1.54) is 11.0 Å². The minimum absolute atomic E-state index is 0.0690. The van der Waals surface area contributed by atoms with Crippen LogP contribution in [0.25, 0.3) is 0 Å². The molecule has 0 aromatic heterocycles. The summed E-state index contributed by atoms with van der Waals surface area (Å²) in [5.41, 5.74) is -0.898. The molecule has 34 heavy (non-hydrogen) atoms. The smallest absolute Gasteiger partial charge is 0.408 e. The van der Waals surface area contributed by atoms with Crippen LogP contribution in [0.1, 0.15) is 92.2 Å². The zero-order valence-electron chi connectivity index (χ0n) is 21.9. The summed E-state index contributed by atoms with van der Waals surface area (Å²) in [5.74, 6) is -0.896. The Bertz CT molecular complexity index is 811. The van der Waals surface area contributed by atoms with E-state index in [9.17, 15) is 19.5 Å². The lowest BCUT2D eigenvalue weighted by Crippen LogP contribution is -2.51. The Morgan fingerprint density at radius 3 is 2.18 bits per heavy atom. The molecule has 0 aliphatic heterocycles. The molecule has 1 aromatic rings. The van der Waals surface area contributed by atoms with Crippen LogP contribution < -0.4 is 10.6 Å². The van der Waals surface area contributed by atoms with Gasteiger partial charge in [-0.05, 0) is 54.0 Å². The summed E-state index contributed by atoms with van der Waals surface area (Å²) >= 11 is 0. The summed E-state index contributed by atoms with van der Waals surface area (Å²) < 4.78 is 5.23. The number of carbonyl (C=O) groups excluding carboxylic acids is 3. The van der Waals surface area contributed by atoms with Gasteiger partial charge in [-0.25, -0.2) is 4.79 Å². The number of amides is 3. The first-order chi connectivity index (χ1) is 15.7. The van der Waals surface area contributed by atoms with Crippen molar-refractivity contribution in [1.29, 1.82) is 0 Å². The van der Waals surface area contributed by atoms with Crippen molar-refractivity contribution in [3.8, 4) is 5.75 Å². The lowest BCUT2D eigenvalue weighted by atomic mass is 10.00. The number of rotatable bonds is 11. The molecule has 0 radical (unpaired) electrons. The fourth-order valence-corrected chi connectivity index (χ4v) is 3.45. The number of hydrogen-bond acceptors (Lipinski definition) is 5. The number of alkyl carbamates (subject to hydrolysis) is 1. The van der Waals surface area contributed by atoms with E-state index >= 15 is 0 Å². The molecule has 3 N–H and O–H groups in total. The molecule has 1 aromatic carbocycles. The minimum atomic E-state index is -1.04. The summed E-state index contributed by atoms with van der Waals surface area (Å²) in [4.78, 5) is 40.3. The SMILES string of the molecule is CCCCCCCN(C(=O)CNC(=O)OC(C)(C)C)C(C(=O)NC(C)(C)C)c1ccccc1O. The molecule has 192 valence electrons. The molecular weight excluding hydrogens is 434 g/mol. The van der Waals surface area contributed by atoms with E-state index in [0.717, 1.165) is 25.7 Å². The van der Waals surface area contributed by atoms with E-state index in [-0.39, 0.29) is 12.3 Å². The van der Waals surface area contributed by atoms with Gasteiger partial charge in [-0.1, -0.05) is 50.8 Å². The molecule has 0 bridgehead atoms. The number of aromatic hydroxyl groups is 1. The van der Waals surface area contributed by atoms with Crippen molar-refractivity contribution in [2.75, 3.05) is 13.1 Å². The van der Waals surface area contributed by atoms with Crippen molar-refractivity contribution < 1.29 is 24.2 Å². The number of ether oxygens (including phenoxy) is 1. The average molecular weight is 478 g/mol. The van der Waals surface area contributed by atoms with Crippen LogP contribution in [0.4, 0.5) is 4.79 Å². The van der Waals surface area contributed by atoms with Crippen molar-refractivity contribution in [1.82, 2.24) is 15.5 Å². The maximum absolute atomic E-state index is 13.4. The monoisotopic (exact) mass is 477 g/mol. The van der Waals surface area contributed by atoms with Gasteiger partial charge in [0.05, 0.1) is 0 Å². The molecular formula is C26H43N3O5. The van der Waals surface area contributed by atoms with Gasteiger partial charge < -0.3 is 25.4 Å². The molecule has 8 nitrogen and oxygen atoms in total. The minimum Gasteiger partial charge on any atom is -0.508 e. The van der Waals surface area contributed by atoms with Crippen LogP contribution in [0.2, 0.25) is 0 Å². The molecule has 0 saturated carbocycles. The number of phenols is 1. The predicted molar refractivity (Wildman–Crippen MR) is 133 cm³/mol. The van der Waals surface area contributed by atoms with Gasteiger partial charge in [0.15, 0.2) is 0 Å². The fourth-order valence-electron chi connectivity index (χ4n) is 3.45. The topological polar surface area (TPSA) is 108 Å². The third-order valence-corrected chi connectivity index (χ3v) is 4.90. The molecule has 8 heteroatoms. The first-order valence-corrected chi connectivity index (χ1v) is 12.1. The van der Waals surface area contributed by atoms with Gasteiger partial charge in [0.2, 0.25) is 11.8 Å². The Balaban J connectivity index is 3.22. The van der Waals surface area contributed by atoms with Crippen LogP contribution in [0.15, 0.2) is 24.3 Å². The molecule has 3 amide bonds. The second-order valence-corrected chi connectivity index (χ2v) is 10.6. The van der Waals surface area contributed by atoms with E-state index in [1.807, 2.05) is 20.8 Å². The summed E-state index contributed by atoms with van der Waals surface area (Å²) in [6.45, 7) is 12.9. The summed E-state index contributed by atoms with van der Waals surface area (Å²) in [7, 11) is 0. The Labute approximate surface area is 204 Å². The van der Waals surface area contributed by atoms with Crippen molar-refractivity contribution in [3.63, 3.8) is 0 Å². The highest BCUT2D eigenvalue weighted by atomic mass is 16.6. The van der Waals surface area contributed by atoms with Crippen molar-refractivity contribution in [3.05, 3.63) is 29.8 Å². The summed E-state index contributed by atoms with van der Waals surface area (Å²) in [6.07, 6.45) is 4.13. The first kappa shape index (κ1) is 29.3. The van der Waals surface area contributed by atoms with E-state index < -0.39 is 35.1 Å². The second kappa shape index (κ2) is 13.2. The molecule has 0 aliphatic rings. The maximum atomic E-state index is 13.4. The van der Waals surface area contributed by atoms with Crippen molar-refractivity contribution in [2.24, 2.45) is 0 Å². The van der Waals surface area contributed by atoms with Gasteiger partial charge in [0.1, 0.15) is 23.9 Å². The normalized spacial score (nSPS) is 12.6. The number of hydrogen-bond donors (Lipinski definition) is 3. The van der Waals surface area contributed by atoms with E-state index in [1.54, 1.807) is 39.0 Å². The highest BCUT2D eigenvalue weighted by Crippen LogP contribution is 2.30. The lowest BCUT2D eigenvalue weighted by molar-refractivity contribution is -0.141. The Morgan fingerprint density at radius 1 is 1.00 bits per heavy atom. The van der Waals surface area contributed by atoms with Gasteiger partial charge >= 0.3 is 6.09 Å². The van der Waals surface area contributed by atoms with E-state index in [4.69, 9.17) is 4.74 Å². The number of nitrogens with one attached hydrogen (secondary N) is 2. The highest BCUT2D eigenvalue weighted by Gasteiger charge is 2.34. The fraction of sp³-hybridized carbons (Fsp3) is 0.654. The molecule has 0 fully saturated rings. The zero-order chi connectivity index (χ0) is 25.9. The zero-order valence-corrected chi connectivity index (χ0v) is 21.9. The third-order valence-electron chi connectivity index (χ3n) is 4.90. The van der Waals surface area contributed by atoms with Gasteiger partial charge in [0.25, 0.3) is 0 Å². The third kappa shape index (κ3) is 10.9. The predicted octanol–water partition coefficient (Wildman–Crippen LogP) is 4.67. The number of phenolic OH excluding ortho intramolecular Hbond substituents is 1. The molecule has 0 saturated heterocycles. The average Bonchev–Trinajstić information content (AvgIpc) is 2.69. The number of benzene rings is 1. The van der Waals surface area contributed by atoms with Crippen LogP contribution in [0.5, 0.6) is 5.75 Å². The molecule has 0 heterocycles. The maximum Gasteiger partial charge on any atom is 0.408 e. The number of unbranched alkanes of at least 4 members (excludes halogenated alkanes) is 4. The van der Waals surface area contributed by atoms with Crippen LogP contribution in [-0.2, 0) is 14.3 Å². The largest absolute Gasteiger partial charge is 0.508 e. The number of nitrogens with zero attached hydrogens (tertiary/aromatic N) is 1. The van der Waals surface area contributed by atoms with Gasteiger partial charge in [0, 0.05) is 17.6 Å². The second-order valence-electron chi connectivity index (χ2n) is 10.6. The number of carbonyl (C=O) groups is 3. The van der Waals surface area contributed by atoms with Gasteiger partial charge in [-0.3, -0.25) is 9.59 Å². The Kier molecular flexibility index (Phi) is 11.4. The quantitative estimate of drug-likeness (QED) is 0.401. The molecule has 1 rings (SSSR count). The first-order valence-electron chi connectivity index (χ1n) is 12.1. The van der Waals surface area contributed by atoms with Gasteiger partial charge in [-0.15, -0.1) is 0 Å². The standard InChI is InChI=1S/C26H43N3O5/c1-8-9-10-11-14-17-29(21(31)18-27-24(33)34-26(5,6)7)22(23(32)28-25(2,3)4)19-15-12-13-16-20(19)30/h12-13,15-16,22,30H,8-11,14,17-18H2,1-7H3,(H,27,33)(H,28,32). The van der Waals surface area contributed by atoms with E-state index in [2.05, 4.69) is 17.6 Å². The van der Waals surface area contributed by atoms with Crippen molar-refractivity contribution in [2.45, 2.75) is 97.8 Å². The molecule has 1 unspecified atom stereocenters. The van der Waals surface area contributed by atoms with Crippen LogP contribution in [-0.4, -0.2) is 52.1 Å². The van der Waals surface area contributed by atoms with Crippen LogP contribution in [0, 0.1) is 0 Å². The van der Waals surface area contributed by atoms with Gasteiger partial charge in [-0.2, -0.15) is 0 Å². The summed E-state index contributed by atoms with van der Waals surface area (Å²) in [6, 6.07) is 5.48. The van der Waals surface area contributed by atoms with Crippen LogP contribution in [0.3, 0.4) is 0 Å². The highest BCUT2D eigenvalue weighted by molar-refractivity contribution is 5.91. The Morgan fingerprint density at radius 2 is 1.62 bits per heavy atom. The molecule has 1 atom stereocenters. The summed E-state index contributed by atoms with van der Waals surface area (Å²) in [5, 5.41) is 16.0. The van der Waals surface area contributed by atoms with E-state index in [0.29, 0.717) is 18.5 Å². The Hall–Kier alpha value is -2.77. The number of para-hydroxylation sites is 1. The molecule has 0 spiro atoms.